The molecule has 0 unspecified atom stereocenters. The van der Waals surface area contributed by atoms with E-state index in [4.69, 9.17) is 34.8 Å². The van der Waals surface area contributed by atoms with Crippen LogP contribution in [0.4, 0.5) is 11.6 Å². The molecule has 1 aliphatic rings. The first kappa shape index (κ1) is 19.2. The molecule has 1 aromatic heterocycles. The number of benzene rings is 1. The first-order valence-electron chi connectivity index (χ1n) is 8.36. The number of anilines is 2. The van der Waals surface area contributed by atoms with Crippen molar-refractivity contribution >= 4 is 52.3 Å². The normalized spacial score (nSPS) is 15.2. The van der Waals surface area contributed by atoms with Gasteiger partial charge in [-0.2, -0.15) is 0 Å². The number of halogens is 3. The molecule has 0 atom stereocenters. The fourth-order valence-corrected chi connectivity index (χ4v) is 3.99. The lowest BCUT2D eigenvalue weighted by Crippen LogP contribution is -2.39. The summed E-state index contributed by atoms with van der Waals surface area (Å²) in [6, 6.07) is 5.07. The Kier molecular flexibility index (Phi) is 5.90. The number of piperidine rings is 1. The Labute approximate surface area is 167 Å². The van der Waals surface area contributed by atoms with Crippen molar-refractivity contribution in [1.29, 1.82) is 0 Å². The molecule has 3 rings (SSSR count). The summed E-state index contributed by atoms with van der Waals surface area (Å²) in [5, 5.41) is 3.93. The summed E-state index contributed by atoms with van der Waals surface area (Å²) in [5.74, 6) is 0.530. The molecular formula is C18H19Cl3N4O. The molecule has 0 bridgehead atoms. The molecular weight excluding hydrogens is 395 g/mol. The molecule has 1 aromatic carbocycles. The quantitative estimate of drug-likeness (QED) is 0.777. The monoisotopic (exact) mass is 412 g/mol. The first-order valence-corrected chi connectivity index (χ1v) is 9.49. The van der Waals surface area contributed by atoms with Gasteiger partial charge in [-0.05, 0) is 44.9 Å². The summed E-state index contributed by atoms with van der Waals surface area (Å²) in [7, 11) is 0. The van der Waals surface area contributed by atoms with E-state index in [1.807, 2.05) is 19.9 Å². The number of rotatable bonds is 3. The third-order valence-electron chi connectivity index (χ3n) is 4.37. The highest BCUT2D eigenvalue weighted by Gasteiger charge is 2.27. The Morgan fingerprint density at radius 2 is 1.58 bits per heavy atom. The maximum Gasteiger partial charge on any atom is 0.227 e. The predicted octanol–water partition coefficient (Wildman–Crippen LogP) is 4.91. The van der Waals surface area contributed by atoms with Gasteiger partial charge < -0.3 is 10.2 Å². The highest BCUT2D eigenvalue weighted by Crippen LogP contribution is 2.34. The van der Waals surface area contributed by atoms with Crippen LogP contribution in [0.5, 0.6) is 0 Å². The average Bonchev–Trinajstić information content (AvgIpc) is 2.57. The van der Waals surface area contributed by atoms with Gasteiger partial charge in [0.05, 0.1) is 15.7 Å². The summed E-state index contributed by atoms with van der Waals surface area (Å²) in [6.07, 6.45) is 1.43. The summed E-state index contributed by atoms with van der Waals surface area (Å²) in [5.41, 5.74) is 2.29. The smallest absolute Gasteiger partial charge is 0.227 e. The van der Waals surface area contributed by atoms with Gasteiger partial charge in [0.25, 0.3) is 0 Å². The van der Waals surface area contributed by atoms with Gasteiger partial charge in [-0.1, -0.05) is 34.8 Å². The van der Waals surface area contributed by atoms with Crippen molar-refractivity contribution in [2.45, 2.75) is 26.7 Å². The van der Waals surface area contributed by atoms with Crippen molar-refractivity contribution in [2.75, 3.05) is 23.3 Å². The van der Waals surface area contributed by atoms with Gasteiger partial charge in [0, 0.05) is 35.4 Å². The van der Waals surface area contributed by atoms with Crippen LogP contribution in [0, 0.1) is 19.8 Å². The third-order valence-corrected chi connectivity index (χ3v) is 5.19. The predicted molar refractivity (Wildman–Crippen MR) is 107 cm³/mol. The van der Waals surface area contributed by atoms with E-state index in [9.17, 15) is 4.79 Å². The zero-order chi connectivity index (χ0) is 18.8. The van der Waals surface area contributed by atoms with Crippen LogP contribution in [0.25, 0.3) is 0 Å². The molecule has 0 aliphatic carbocycles. The van der Waals surface area contributed by atoms with E-state index in [1.54, 1.807) is 12.1 Å². The number of hydrogen-bond acceptors (Lipinski definition) is 4. The molecule has 138 valence electrons. The summed E-state index contributed by atoms with van der Waals surface area (Å²) < 4.78 is 0. The van der Waals surface area contributed by atoms with Gasteiger partial charge >= 0.3 is 0 Å². The van der Waals surface area contributed by atoms with Crippen molar-refractivity contribution in [1.82, 2.24) is 9.97 Å². The Morgan fingerprint density at radius 3 is 2.12 bits per heavy atom. The van der Waals surface area contributed by atoms with Gasteiger partial charge in [-0.3, -0.25) is 4.79 Å². The number of nitrogens with one attached hydrogen (secondary N) is 1. The lowest BCUT2D eigenvalue weighted by molar-refractivity contribution is -0.120. The van der Waals surface area contributed by atoms with Gasteiger partial charge in [0.2, 0.25) is 11.9 Å². The number of aromatic nitrogens is 2. The number of amides is 1. The topological polar surface area (TPSA) is 58.1 Å². The molecule has 8 heteroatoms. The molecule has 26 heavy (non-hydrogen) atoms. The highest BCUT2D eigenvalue weighted by molar-refractivity contribution is 6.42. The van der Waals surface area contributed by atoms with Gasteiger partial charge in [-0.15, -0.1) is 0 Å². The SMILES string of the molecule is Cc1cc(C)nc(N2CCC(C(=O)Nc3c(Cl)cc(Cl)cc3Cl)CC2)n1. The first-order chi connectivity index (χ1) is 12.3. The second-order valence-corrected chi connectivity index (χ2v) is 7.70. The molecule has 0 saturated carbocycles. The molecule has 1 aliphatic heterocycles. The second kappa shape index (κ2) is 7.99. The summed E-state index contributed by atoms with van der Waals surface area (Å²) in [4.78, 5) is 23.7. The fourth-order valence-electron chi connectivity index (χ4n) is 3.08. The van der Waals surface area contributed by atoms with E-state index in [-0.39, 0.29) is 11.8 Å². The Balaban J connectivity index is 1.64. The number of carbonyl (C=O) groups is 1. The Hall–Kier alpha value is -1.56. The summed E-state index contributed by atoms with van der Waals surface area (Å²) in [6.45, 7) is 5.36. The van der Waals surface area contributed by atoms with E-state index >= 15 is 0 Å². The zero-order valence-corrected chi connectivity index (χ0v) is 16.8. The number of carbonyl (C=O) groups excluding carboxylic acids is 1. The zero-order valence-electron chi connectivity index (χ0n) is 14.5. The maximum atomic E-state index is 12.6. The van der Waals surface area contributed by atoms with Gasteiger partial charge in [-0.25, -0.2) is 9.97 Å². The summed E-state index contributed by atoms with van der Waals surface area (Å²) >= 11 is 18.2. The maximum absolute atomic E-state index is 12.6. The second-order valence-electron chi connectivity index (χ2n) is 6.45. The molecule has 2 heterocycles. The highest BCUT2D eigenvalue weighted by atomic mass is 35.5. The van der Waals surface area contributed by atoms with Crippen LogP contribution in [0.2, 0.25) is 15.1 Å². The van der Waals surface area contributed by atoms with Crippen LogP contribution in [-0.2, 0) is 4.79 Å². The molecule has 1 amide bonds. The van der Waals surface area contributed by atoms with E-state index in [2.05, 4.69) is 20.2 Å². The molecule has 2 aromatic rings. The van der Waals surface area contributed by atoms with Crippen molar-refractivity contribution in [3.05, 3.63) is 44.7 Å². The van der Waals surface area contributed by atoms with Gasteiger partial charge in [0.1, 0.15) is 0 Å². The van der Waals surface area contributed by atoms with Gasteiger partial charge in [0.15, 0.2) is 0 Å². The minimum atomic E-state index is -0.111. The molecule has 1 N–H and O–H groups in total. The molecule has 1 saturated heterocycles. The van der Waals surface area contributed by atoms with Crippen LogP contribution < -0.4 is 10.2 Å². The van der Waals surface area contributed by atoms with E-state index in [1.165, 1.54) is 0 Å². The Morgan fingerprint density at radius 1 is 1.04 bits per heavy atom. The van der Waals surface area contributed by atoms with Crippen LogP contribution in [0.15, 0.2) is 18.2 Å². The average molecular weight is 414 g/mol. The lowest BCUT2D eigenvalue weighted by Gasteiger charge is -2.31. The van der Waals surface area contributed by atoms with E-state index in [0.29, 0.717) is 33.6 Å². The standard InChI is InChI=1S/C18H19Cl3N4O/c1-10-7-11(2)23-18(22-10)25-5-3-12(4-6-25)17(26)24-16-14(20)8-13(19)9-15(16)21/h7-9,12H,3-6H2,1-2H3,(H,24,26). The molecule has 1 fully saturated rings. The Bertz CT molecular complexity index is 792. The number of hydrogen-bond donors (Lipinski definition) is 1. The van der Waals surface area contributed by atoms with Crippen LogP contribution in [-0.4, -0.2) is 29.0 Å². The van der Waals surface area contributed by atoms with Crippen molar-refractivity contribution < 1.29 is 4.79 Å². The van der Waals surface area contributed by atoms with Crippen LogP contribution in [0.1, 0.15) is 24.2 Å². The molecule has 0 radical (unpaired) electrons. The number of aryl methyl sites for hydroxylation is 2. The molecule has 5 nitrogen and oxygen atoms in total. The fraction of sp³-hybridized carbons (Fsp3) is 0.389. The van der Waals surface area contributed by atoms with Crippen LogP contribution in [0.3, 0.4) is 0 Å². The largest absolute Gasteiger partial charge is 0.341 e. The minimum absolute atomic E-state index is 0.0860. The van der Waals surface area contributed by atoms with Crippen molar-refractivity contribution in [3.63, 3.8) is 0 Å². The van der Waals surface area contributed by atoms with E-state index < -0.39 is 0 Å². The number of nitrogens with zero attached hydrogens (tertiary/aromatic N) is 3. The lowest BCUT2D eigenvalue weighted by atomic mass is 9.96. The van der Waals surface area contributed by atoms with Crippen molar-refractivity contribution in [3.8, 4) is 0 Å². The van der Waals surface area contributed by atoms with E-state index in [0.717, 1.165) is 30.4 Å². The third kappa shape index (κ3) is 4.40. The minimum Gasteiger partial charge on any atom is -0.341 e. The van der Waals surface area contributed by atoms with Crippen molar-refractivity contribution in [2.24, 2.45) is 5.92 Å². The molecule has 0 spiro atoms. The van der Waals surface area contributed by atoms with Crippen LogP contribution >= 0.6 is 34.8 Å².